The van der Waals surface area contributed by atoms with E-state index in [2.05, 4.69) is 14.5 Å². The van der Waals surface area contributed by atoms with Crippen LogP contribution in [0.15, 0.2) is 16.8 Å². The first-order valence-corrected chi connectivity index (χ1v) is 6.69. The molecule has 1 N–H and O–H groups in total. The molecule has 0 spiro atoms. The molecule has 3 aliphatic heterocycles. The van der Waals surface area contributed by atoms with Crippen molar-refractivity contribution in [2.75, 3.05) is 13.7 Å². The molecule has 0 saturated carbocycles. The van der Waals surface area contributed by atoms with Gasteiger partial charge in [-0.05, 0) is 0 Å². The molecule has 1 saturated heterocycles. The van der Waals surface area contributed by atoms with Crippen molar-refractivity contribution < 1.29 is 38.4 Å². The highest BCUT2D eigenvalue weighted by atomic mass is 16.8. The van der Waals surface area contributed by atoms with Gasteiger partial charge < -0.3 is 28.8 Å². The van der Waals surface area contributed by atoms with Gasteiger partial charge in [-0.1, -0.05) is 0 Å². The van der Waals surface area contributed by atoms with Gasteiger partial charge in [-0.25, -0.2) is 14.6 Å². The number of esters is 1. The van der Waals surface area contributed by atoms with E-state index >= 15 is 0 Å². The smallest absolute Gasteiger partial charge is 0.478 e. The van der Waals surface area contributed by atoms with Crippen LogP contribution in [-0.2, 0) is 28.5 Å². The van der Waals surface area contributed by atoms with E-state index in [0.29, 0.717) is 5.90 Å². The van der Waals surface area contributed by atoms with Crippen LogP contribution in [0.25, 0.3) is 0 Å². The van der Waals surface area contributed by atoms with E-state index in [1.54, 1.807) is 6.92 Å². The zero-order chi connectivity index (χ0) is 15.9. The van der Waals surface area contributed by atoms with Gasteiger partial charge in [0.2, 0.25) is 5.76 Å². The molecule has 0 aromatic rings. The molecule has 9 nitrogen and oxygen atoms in total. The van der Waals surface area contributed by atoms with E-state index in [4.69, 9.17) is 14.2 Å². The number of fused-ring (bicyclic) bond motifs is 1. The van der Waals surface area contributed by atoms with E-state index < -0.39 is 42.6 Å². The lowest BCUT2D eigenvalue weighted by atomic mass is 9.95. The van der Waals surface area contributed by atoms with Gasteiger partial charge in [0.25, 0.3) is 0 Å². The van der Waals surface area contributed by atoms with E-state index in [0.717, 1.165) is 0 Å². The summed E-state index contributed by atoms with van der Waals surface area (Å²) in [5.74, 6) is -0.357. The maximum absolute atomic E-state index is 11.7. The third kappa shape index (κ3) is 2.47. The molecule has 1 fully saturated rings. The summed E-state index contributed by atoms with van der Waals surface area (Å²) in [7, 11) is 1.22. The summed E-state index contributed by atoms with van der Waals surface area (Å²) in [5.41, 5.74) is 0. The molecule has 120 valence electrons. The Labute approximate surface area is 125 Å². The highest BCUT2D eigenvalue weighted by molar-refractivity contribution is 5.87. The molecule has 0 aromatic heterocycles. The van der Waals surface area contributed by atoms with Crippen molar-refractivity contribution in [2.45, 2.75) is 37.4 Å². The number of ether oxygens (including phenoxy) is 5. The van der Waals surface area contributed by atoms with Crippen LogP contribution in [0, 0.1) is 0 Å². The third-order valence-corrected chi connectivity index (χ3v) is 3.61. The zero-order valence-corrected chi connectivity index (χ0v) is 11.9. The first kappa shape index (κ1) is 14.6. The highest BCUT2D eigenvalue weighted by Crippen LogP contribution is 2.31. The maximum Gasteiger partial charge on any atom is 0.508 e. The number of cyclic esters (lactones) is 2. The molecular weight excluding hydrogens is 298 g/mol. The summed E-state index contributed by atoms with van der Waals surface area (Å²) in [6.45, 7) is 1.56. The Hall–Kier alpha value is -2.29. The van der Waals surface area contributed by atoms with Crippen LogP contribution < -0.4 is 0 Å². The summed E-state index contributed by atoms with van der Waals surface area (Å²) in [5, 5.41) is 10.4. The average molecular weight is 313 g/mol. The number of aliphatic imine (C=N–C) groups is 1. The Morgan fingerprint density at radius 3 is 2.86 bits per heavy atom. The van der Waals surface area contributed by atoms with E-state index in [1.807, 2.05) is 0 Å². The molecule has 0 aliphatic carbocycles. The molecule has 3 heterocycles. The molecule has 0 radical (unpaired) electrons. The second-order valence-corrected chi connectivity index (χ2v) is 5.03. The fraction of sp³-hybridized carbons (Fsp3) is 0.615. The summed E-state index contributed by atoms with van der Waals surface area (Å²) >= 11 is 0. The number of hydrogen-bond acceptors (Lipinski definition) is 9. The predicted octanol–water partition coefficient (Wildman–Crippen LogP) is -0.476. The van der Waals surface area contributed by atoms with E-state index in [-0.39, 0.29) is 12.4 Å². The first-order valence-electron chi connectivity index (χ1n) is 6.69. The molecule has 22 heavy (non-hydrogen) atoms. The Kier molecular flexibility index (Phi) is 3.65. The van der Waals surface area contributed by atoms with Crippen molar-refractivity contribution in [3.63, 3.8) is 0 Å². The molecule has 0 unspecified atom stereocenters. The van der Waals surface area contributed by atoms with Crippen molar-refractivity contribution in [2.24, 2.45) is 4.99 Å². The van der Waals surface area contributed by atoms with Gasteiger partial charge >= 0.3 is 12.1 Å². The van der Waals surface area contributed by atoms with Gasteiger partial charge in [-0.2, -0.15) is 0 Å². The standard InChI is InChI=1S/C13H15NO8/c1-5-14-9-6(20-5)3-7(12(16)18-2)21-11(9)10(15)8-4-19-13(17)22-8/h3,6,8-11,15H,4H2,1-2H3/t6-,8-,9+,10-,11-/m1/s1. The van der Waals surface area contributed by atoms with Crippen LogP contribution in [0.2, 0.25) is 0 Å². The maximum atomic E-state index is 11.7. The molecule has 0 bridgehead atoms. The molecule has 5 atom stereocenters. The SMILES string of the molecule is COC(=O)C1=C[C@H]2OC(C)=N[C@@H]2[C@H]([C@H](O)[C@H]2COC(=O)O2)O1. The van der Waals surface area contributed by atoms with Crippen molar-refractivity contribution in [3.8, 4) is 0 Å². The Morgan fingerprint density at radius 1 is 1.45 bits per heavy atom. The van der Waals surface area contributed by atoms with Crippen LogP contribution in [0.4, 0.5) is 4.79 Å². The molecule has 0 amide bonds. The second-order valence-electron chi connectivity index (χ2n) is 5.03. The lowest BCUT2D eigenvalue weighted by Crippen LogP contribution is -2.51. The largest absolute Gasteiger partial charge is 0.508 e. The zero-order valence-electron chi connectivity index (χ0n) is 11.9. The number of carbonyl (C=O) groups is 2. The Balaban J connectivity index is 1.83. The third-order valence-electron chi connectivity index (χ3n) is 3.61. The van der Waals surface area contributed by atoms with Gasteiger partial charge in [0.15, 0.2) is 18.1 Å². The Morgan fingerprint density at radius 2 is 2.23 bits per heavy atom. The van der Waals surface area contributed by atoms with Crippen molar-refractivity contribution >= 4 is 18.0 Å². The number of methoxy groups -OCH3 is 1. The van der Waals surface area contributed by atoms with Gasteiger partial charge in [0.1, 0.15) is 24.9 Å². The summed E-state index contributed by atoms with van der Waals surface area (Å²) in [6.07, 6.45) is -3.02. The van der Waals surface area contributed by atoms with Gasteiger partial charge in [0, 0.05) is 13.0 Å². The number of rotatable bonds is 3. The van der Waals surface area contributed by atoms with Crippen LogP contribution in [0.1, 0.15) is 6.92 Å². The first-order chi connectivity index (χ1) is 10.5. The minimum absolute atomic E-state index is 0.0806. The molecule has 3 aliphatic rings. The predicted molar refractivity (Wildman–Crippen MR) is 69.0 cm³/mol. The molecule has 0 aromatic carbocycles. The van der Waals surface area contributed by atoms with Gasteiger partial charge in [0.05, 0.1) is 7.11 Å². The minimum Gasteiger partial charge on any atom is -0.478 e. The normalized spacial score (nSPS) is 34.2. The van der Waals surface area contributed by atoms with Crippen LogP contribution in [0.3, 0.4) is 0 Å². The number of carbonyl (C=O) groups excluding carboxylic acids is 2. The molecule has 3 rings (SSSR count). The van der Waals surface area contributed by atoms with Crippen LogP contribution >= 0.6 is 0 Å². The van der Waals surface area contributed by atoms with Crippen molar-refractivity contribution in [3.05, 3.63) is 11.8 Å². The molecular formula is C13H15NO8. The van der Waals surface area contributed by atoms with Gasteiger partial charge in [-0.15, -0.1) is 0 Å². The molecule has 9 heteroatoms. The van der Waals surface area contributed by atoms with Crippen LogP contribution in [-0.4, -0.2) is 67.3 Å². The lowest BCUT2D eigenvalue weighted by molar-refractivity contribution is -0.147. The number of nitrogens with zero attached hydrogens (tertiary/aromatic N) is 1. The average Bonchev–Trinajstić information content (AvgIpc) is 3.09. The topological polar surface area (TPSA) is 113 Å². The minimum atomic E-state index is -1.23. The van der Waals surface area contributed by atoms with E-state index in [9.17, 15) is 14.7 Å². The van der Waals surface area contributed by atoms with Crippen molar-refractivity contribution in [1.29, 1.82) is 0 Å². The number of hydrogen-bond donors (Lipinski definition) is 1. The Bertz CT molecular complexity index is 556. The lowest BCUT2D eigenvalue weighted by Gasteiger charge is -2.34. The summed E-state index contributed by atoms with van der Waals surface area (Å²) in [4.78, 5) is 26.9. The number of aliphatic hydroxyl groups is 1. The fourth-order valence-electron chi connectivity index (χ4n) is 2.59. The summed E-state index contributed by atoms with van der Waals surface area (Å²) < 4.78 is 25.1. The van der Waals surface area contributed by atoms with Gasteiger partial charge in [-0.3, -0.25) is 0 Å². The van der Waals surface area contributed by atoms with Crippen LogP contribution in [0.5, 0.6) is 0 Å². The monoisotopic (exact) mass is 313 g/mol. The quantitative estimate of drug-likeness (QED) is 0.695. The fourth-order valence-corrected chi connectivity index (χ4v) is 2.59. The number of aliphatic hydroxyl groups excluding tert-OH is 1. The summed E-state index contributed by atoms with van der Waals surface area (Å²) in [6, 6.07) is -0.553. The van der Waals surface area contributed by atoms with E-state index in [1.165, 1.54) is 13.2 Å². The second kappa shape index (κ2) is 5.48. The highest BCUT2D eigenvalue weighted by Gasteiger charge is 2.49. The van der Waals surface area contributed by atoms with Crippen molar-refractivity contribution in [1.82, 2.24) is 0 Å².